The van der Waals surface area contributed by atoms with Crippen LogP contribution in [0.1, 0.15) is 21.7 Å². The Kier molecular flexibility index (Phi) is 6.00. The molecule has 32 heavy (non-hydrogen) atoms. The molecule has 0 fully saturated rings. The van der Waals surface area contributed by atoms with Gasteiger partial charge < -0.3 is 14.6 Å². The predicted octanol–water partition coefficient (Wildman–Crippen LogP) is 3.98. The molecular weight excluding hydrogens is 434 g/mol. The summed E-state index contributed by atoms with van der Waals surface area (Å²) >= 11 is 6.08. The van der Waals surface area contributed by atoms with E-state index < -0.39 is 10.8 Å². The number of pyridine rings is 1. The highest BCUT2D eigenvalue weighted by Crippen LogP contribution is 2.23. The number of nitro benzene ring substituents is 1. The normalized spacial score (nSPS) is 10.8. The number of hydrogen-bond donors (Lipinski definition) is 1. The Morgan fingerprint density at radius 2 is 2.06 bits per heavy atom. The molecule has 0 radical (unpaired) electrons. The number of imidazole rings is 1. The summed E-state index contributed by atoms with van der Waals surface area (Å²) in [6.07, 6.45) is 1.68. The minimum atomic E-state index is -0.577. The molecule has 2 heterocycles. The summed E-state index contributed by atoms with van der Waals surface area (Å²) in [7, 11) is 1.60. The second-order valence-corrected chi connectivity index (χ2v) is 7.32. The van der Waals surface area contributed by atoms with Crippen LogP contribution in [0.3, 0.4) is 0 Å². The summed E-state index contributed by atoms with van der Waals surface area (Å²) in [5.74, 6) is 0.776. The van der Waals surface area contributed by atoms with E-state index in [1.165, 1.54) is 12.1 Å². The van der Waals surface area contributed by atoms with Gasteiger partial charge in [-0.15, -0.1) is 0 Å². The SMILES string of the molecule is COc1cccc(Cn2c(CNC(=O)c3cc([N+](=O)[O-])ccc3Cl)nc3cccnc32)c1. The van der Waals surface area contributed by atoms with E-state index >= 15 is 0 Å². The van der Waals surface area contributed by atoms with Gasteiger partial charge in [-0.25, -0.2) is 9.97 Å². The number of nitrogens with zero attached hydrogens (tertiary/aromatic N) is 4. The number of carbonyl (C=O) groups excluding carboxylic acids is 1. The molecule has 4 rings (SSSR count). The molecule has 0 spiro atoms. The number of aromatic nitrogens is 3. The number of ether oxygens (including phenoxy) is 1. The Labute approximate surface area is 187 Å². The van der Waals surface area contributed by atoms with Gasteiger partial charge in [0.1, 0.15) is 17.1 Å². The van der Waals surface area contributed by atoms with E-state index in [0.717, 1.165) is 17.4 Å². The number of methoxy groups -OCH3 is 1. The first-order valence-corrected chi connectivity index (χ1v) is 9.99. The van der Waals surface area contributed by atoms with E-state index in [4.69, 9.17) is 16.3 Å². The Morgan fingerprint density at radius 1 is 1.22 bits per heavy atom. The van der Waals surface area contributed by atoms with Crippen LogP contribution in [0.15, 0.2) is 60.8 Å². The van der Waals surface area contributed by atoms with Crippen molar-refractivity contribution in [3.05, 3.63) is 92.9 Å². The van der Waals surface area contributed by atoms with Crippen molar-refractivity contribution in [1.29, 1.82) is 0 Å². The summed E-state index contributed by atoms with van der Waals surface area (Å²) in [5.41, 5.74) is 2.15. The van der Waals surface area contributed by atoms with Crippen molar-refractivity contribution in [1.82, 2.24) is 19.9 Å². The van der Waals surface area contributed by atoms with Gasteiger partial charge in [0.2, 0.25) is 0 Å². The Bertz CT molecular complexity index is 1320. The molecule has 4 aromatic rings. The largest absolute Gasteiger partial charge is 0.497 e. The number of hydrogen-bond acceptors (Lipinski definition) is 6. The van der Waals surface area contributed by atoms with Crippen LogP contribution in [0.4, 0.5) is 5.69 Å². The molecule has 0 saturated carbocycles. The van der Waals surface area contributed by atoms with Crippen LogP contribution in [-0.4, -0.2) is 32.5 Å². The Hall–Kier alpha value is -3.98. The van der Waals surface area contributed by atoms with Crippen molar-refractivity contribution in [2.45, 2.75) is 13.1 Å². The zero-order valence-corrected chi connectivity index (χ0v) is 17.7. The number of amides is 1. The maximum absolute atomic E-state index is 12.7. The third-order valence-corrected chi connectivity index (χ3v) is 5.20. The molecular formula is C22H18ClN5O4. The molecule has 162 valence electrons. The van der Waals surface area contributed by atoms with Crippen molar-refractivity contribution >= 4 is 34.4 Å². The number of nitro groups is 1. The summed E-state index contributed by atoms with van der Waals surface area (Å²) in [6.45, 7) is 0.547. The number of carbonyl (C=O) groups is 1. The zero-order chi connectivity index (χ0) is 22.7. The quantitative estimate of drug-likeness (QED) is 0.336. The monoisotopic (exact) mass is 451 g/mol. The number of halogens is 1. The van der Waals surface area contributed by atoms with Gasteiger partial charge in [0.05, 0.1) is 35.7 Å². The molecule has 0 unspecified atom stereocenters. The Balaban J connectivity index is 1.62. The molecule has 10 heteroatoms. The summed E-state index contributed by atoms with van der Waals surface area (Å²) < 4.78 is 7.20. The van der Waals surface area contributed by atoms with Crippen molar-refractivity contribution < 1.29 is 14.5 Å². The van der Waals surface area contributed by atoms with Gasteiger partial charge in [0.15, 0.2) is 5.65 Å². The average Bonchev–Trinajstić information content (AvgIpc) is 3.15. The number of rotatable bonds is 7. The molecule has 9 nitrogen and oxygen atoms in total. The van der Waals surface area contributed by atoms with E-state index in [9.17, 15) is 14.9 Å². The van der Waals surface area contributed by atoms with E-state index in [-0.39, 0.29) is 22.8 Å². The highest BCUT2D eigenvalue weighted by atomic mass is 35.5. The fraction of sp³-hybridized carbons (Fsp3) is 0.136. The van der Waals surface area contributed by atoms with Gasteiger partial charge in [-0.1, -0.05) is 23.7 Å². The van der Waals surface area contributed by atoms with Crippen LogP contribution in [0, 0.1) is 10.1 Å². The first kappa shape index (κ1) is 21.3. The summed E-state index contributed by atoms with van der Waals surface area (Å²) in [5, 5.41) is 13.9. The highest BCUT2D eigenvalue weighted by Gasteiger charge is 2.18. The molecule has 2 aromatic carbocycles. The summed E-state index contributed by atoms with van der Waals surface area (Å²) in [4.78, 5) is 32.2. The van der Waals surface area contributed by atoms with Crippen LogP contribution >= 0.6 is 11.6 Å². The first-order chi connectivity index (χ1) is 15.5. The second kappa shape index (κ2) is 9.03. The standard InChI is InChI=1S/C22H18ClN5O4/c1-32-16-5-2-4-14(10-16)13-27-20(26-19-6-3-9-24-21(19)27)12-25-22(29)17-11-15(28(30)31)7-8-18(17)23/h2-11H,12-13H2,1H3,(H,25,29). The van der Waals surface area contributed by atoms with Crippen LogP contribution in [0.25, 0.3) is 11.2 Å². The topological polar surface area (TPSA) is 112 Å². The van der Waals surface area contributed by atoms with E-state index in [1.807, 2.05) is 34.9 Å². The molecule has 0 saturated heterocycles. The molecule has 1 amide bonds. The third kappa shape index (κ3) is 4.37. The minimum Gasteiger partial charge on any atom is -0.497 e. The smallest absolute Gasteiger partial charge is 0.270 e. The van der Waals surface area contributed by atoms with Crippen LogP contribution in [0.2, 0.25) is 5.02 Å². The van der Waals surface area contributed by atoms with Crippen molar-refractivity contribution in [2.75, 3.05) is 7.11 Å². The lowest BCUT2D eigenvalue weighted by molar-refractivity contribution is -0.384. The fourth-order valence-electron chi connectivity index (χ4n) is 3.32. The molecule has 0 aliphatic carbocycles. The van der Waals surface area contributed by atoms with Gasteiger partial charge in [-0.05, 0) is 35.9 Å². The fourth-order valence-corrected chi connectivity index (χ4v) is 3.52. The minimum absolute atomic E-state index is 0.0226. The predicted molar refractivity (Wildman–Crippen MR) is 119 cm³/mol. The molecule has 0 aliphatic heterocycles. The molecule has 0 atom stereocenters. The zero-order valence-electron chi connectivity index (χ0n) is 17.0. The second-order valence-electron chi connectivity index (χ2n) is 6.92. The van der Waals surface area contributed by atoms with Crippen molar-refractivity contribution in [2.24, 2.45) is 0 Å². The van der Waals surface area contributed by atoms with Gasteiger partial charge in [-0.3, -0.25) is 14.9 Å². The van der Waals surface area contributed by atoms with Crippen molar-refractivity contribution in [3.63, 3.8) is 0 Å². The number of nitrogens with one attached hydrogen (secondary N) is 1. The van der Waals surface area contributed by atoms with Crippen LogP contribution in [0.5, 0.6) is 5.75 Å². The molecule has 2 aromatic heterocycles. The number of non-ortho nitro benzene ring substituents is 1. The lowest BCUT2D eigenvalue weighted by Gasteiger charge is -2.11. The maximum atomic E-state index is 12.7. The van der Waals surface area contributed by atoms with Gasteiger partial charge in [-0.2, -0.15) is 0 Å². The molecule has 0 aliphatic rings. The average molecular weight is 452 g/mol. The Morgan fingerprint density at radius 3 is 2.84 bits per heavy atom. The van der Waals surface area contributed by atoms with Gasteiger partial charge in [0.25, 0.3) is 11.6 Å². The third-order valence-electron chi connectivity index (χ3n) is 4.87. The van der Waals surface area contributed by atoms with Gasteiger partial charge >= 0.3 is 0 Å². The highest BCUT2D eigenvalue weighted by molar-refractivity contribution is 6.33. The number of fused-ring (bicyclic) bond motifs is 1. The molecule has 0 bridgehead atoms. The van der Waals surface area contributed by atoms with Crippen LogP contribution in [-0.2, 0) is 13.1 Å². The number of benzene rings is 2. The van der Waals surface area contributed by atoms with E-state index in [0.29, 0.717) is 23.5 Å². The lowest BCUT2D eigenvalue weighted by atomic mass is 10.2. The summed E-state index contributed by atoms with van der Waals surface area (Å²) in [6, 6.07) is 15.0. The lowest BCUT2D eigenvalue weighted by Crippen LogP contribution is -2.25. The van der Waals surface area contributed by atoms with Crippen molar-refractivity contribution in [3.8, 4) is 5.75 Å². The van der Waals surface area contributed by atoms with E-state index in [2.05, 4.69) is 15.3 Å². The van der Waals surface area contributed by atoms with Gasteiger partial charge in [0, 0.05) is 18.3 Å². The maximum Gasteiger partial charge on any atom is 0.270 e. The molecule has 1 N–H and O–H groups in total. The first-order valence-electron chi connectivity index (χ1n) is 9.61. The van der Waals surface area contributed by atoms with E-state index in [1.54, 1.807) is 19.4 Å². The van der Waals surface area contributed by atoms with Crippen LogP contribution < -0.4 is 10.1 Å².